The minimum absolute atomic E-state index is 0.177. The van der Waals surface area contributed by atoms with Gasteiger partial charge in [0.15, 0.2) is 0 Å². The molecule has 0 bridgehead atoms. The van der Waals surface area contributed by atoms with Gasteiger partial charge in [0, 0.05) is 61.8 Å². The third-order valence-corrected chi connectivity index (χ3v) is 15.0. The SMILES string of the molecule is CC1(c2cccc3ccccc23)N=C(c2ccc(-n3c4ccc(-n5c6c(c7ccccc75)C=CC5C=CC=CC65)cc4c4cc5ccccc5cc43)cc2)NC(c2cccc3c2C=CCC3)N1. The molecule has 5 heteroatoms. The standard InChI is InChI=1S/C62H47N5/c1-62(55-26-13-20-40-15-5-8-22-48(40)55)64-60(63-61(65-62)52-25-12-19-39-14-4-7-21-47(39)52)42-28-31-45(32-29-42)66-57-35-33-46(38-54(57)53-36-43-17-2-3-18-44(43)37-58(53)66)67-56-27-11-10-24-50(56)51-34-30-41-16-6-9-23-49(41)59(51)67/h2-3,5-13,15-38,41,49,61,65H,4,14H2,1H3,(H,63,64). The Labute approximate surface area is 389 Å². The van der Waals surface area contributed by atoms with Gasteiger partial charge in [0.1, 0.15) is 17.7 Å². The molecular weight excluding hydrogens is 815 g/mol. The Hall–Kier alpha value is -7.99. The van der Waals surface area contributed by atoms with Gasteiger partial charge in [-0.3, -0.25) is 5.32 Å². The summed E-state index contributed by atoms with van der Waals surface area (Å²) in [5, 5.41) is 16.5. The summed E-state index contributed by atoms with van der Waals surface area (Å²) in [4.78, 5) is 5.59. The maximum atomic E-state index is 5.59. The number of fused-ring (bicyclic) bond motifs is 11. The van der Waals surface area contributed by atoms with Crippen molar-refractivity contribution in [1.29, 1.82) is 0 Å². The predicted octanol–water partition coefficient (Wildman–Crippen LogP) is 14.4. The molecule has 3 aliphatic carbocycles. The van der Waals surface area contributed by atoms with Crippen LogP contribution in [0.25, 0.3) is 77.8 Å². The molecule has 2 aromatic heterocycles. The second-order valence-electron chi connectivity index (χ2n) is 18.8. The zero-order valence-corrected chi connectivity index (χ0v) is 37.2. The number of allylic oxidation sites excluding steroid dienone is 6. The molecule has 1 aliphatic heterocycles. The first kappa shape index (κ1) is 38.3. The van der Waals surface area contributed by atoms with Crippen LogP contribution in [0.4, 0.5) is 0 Å². The van der Waals surface area contributed by atoms with Gasteiger partial charge in [-0.15, -0.1) is 0 Å². The van der Waals surface area contributed by atoms with Crippen molar-refractivity contribution in [2.45, 2.75) is 37.5 Å². The van der Waals surface area contributed by atoms with Gasteiger partial charge < -0.3 is 14.5 Å². The quantitative estimate of drug-likeness (QED) is 0.181. The maximum absolute atomic E-state index is 5.59. The summed E-state index contributed by atoms with van der Waals surface area (Å²) < 4.78 is 4.98. The van der Waals surface area contributed by atoms with Crippen molar-refractivity contribution in [3.8, 4) is 11.4 Å². The number of aromatic nitrogens is 2. The summed E-state index contributed by atoms with van der Waals surface area (Å²) in [6.45, 7) is 2.23. The molecule has 5 nitrogen and oxygen atoms in total. The van der Waals surface area contributed by atoms with Crippen molar-refractivity contribution in [3.05, 3.63) is 239 Å². The van der Waals surface area contributed by atoms with Crippen LogP contribution in [0, 0.1) is 5.92 Å². The second-order valence-corrected chi connectivity index (χ2v) is 18.8. The molecular formula is C62H47N5. The van der Waals surface area contributed by atoms with E-state index in [4.69, 9.17) is 4.99 Å². The summed E-state index contributed by atoms with van der Waals surface area (Å²) >= 11 is 0. The number of hydrogen-bond acceptors (Lipinski definition) is 3. The molecule has 10 aromatic rings. The van der Waals surface area contributed by atoms with Crippen LogP contribution in [0.15, 0.2) is 205 Å². The number of aryl methyl sites for hydroxylation is 1. The van der Waals surface area contributed by atoms with Crippen molar-refractivity contribution >= 4 is 72.2 Å². The molecule has 0 fully saturated rings. The van der Waals surface area contributed by atoms with Gasteiger partial charge in [0.2, 0.25) is 0 Å². The van der Waals surface area contributed by atoms with Crippen molar-refractivity contribution in [2.24, 2.45) is 10.9 Å². The van der Waals surface area contributed by atoms with E-state index in [1.54, 1.807) is 0 Å². The maximum Gasteiger partial charge on any atom is 0.138 e. The van der Waals surface area contributed by atoms with Gasteiger partial charge in [0.25, 0.3) is 0 Å². The average Bonchev–Trinajstić information content (AvgIpc) is 3.89. The summed E-state index contributed by atoms with van der Waals surface area (Å²) in [6.07, 6.45) is 20.4. The number of benzene rings is 8. The molecule has 4 aliphatic rings. The van der Waals surface area contributed by atoms with E-state index in [0.717, 1.165) is 35.5 Å². The van der Waals surface area contributed by atoms with E-state index in [-0.39, 0.29) is 12.1 Å². The van der Waals surface area contributed by atoms with Crippen LogP contribution in [0.1, 0.15) is 64.5 Å². The van der Waals surface area contributed by atoms with Crippen LogP contribution in [0.2, 0.25) is 0 Å². The van der Waals surface area contributed by atoms with Gasteiger partial charge in [0.05, 0.1) is 16.6 Å². The number of para-hydroxylation sites is 1. The Morgan fingerprint density at radius 3 is 2.19 bits per heavy atom. The Morgan fingerprint density at radius 2 is 1.30 bits per heavy atom. The molecule has 0 spiro atoms. The molecule has 0 saturated heterocycles. The third-order valence-electron chi connectivity index (χ3n) is 15.0. The lowest BCUT2D eigenvalue weighted by Crippen LogP contribution is -2.53. The lowest BCUT2D eigenvalue weighted by molar-refractivity contribution is 0.297. The minimum atomic E-state index is -0.719. The molecule has 8 aromatic carbocycles. The number of aliphatic imine (C=N–C) groups is 1. The van der Waals surface area contributed by atoms with Crippen molar-refractivity contribution < 1.29 is 0 Å². The molecule has 0 amide bonds. The Morgan fingerprint density at radius 1 is 0.567 bits per heavy atom. The fourth-order valence-corrected chi connectivity index (χ4v) is 11.8. The lowest BCUT2D eigenvalue weighted by atomic mass is 9.80. The van der Waals surface area contributed by atoms with Crippen molar-refractivity contribution in [1.82, 2.24) is 19.8 Å². The van der Waals surface area contributed by atoms with Gasteiger partial charge in [-0.1, -0.05) is 152 Å². The Kier molecular flexibility index (Phi) is 8.44. The molecule has 2 N–H and O–H groups in total. The average molecular weight is 862 g/mol. The summed E-state index contributed by atoms with van der Waals surface area (Å²) in [7, 11) is 0. The largest absolute Gasteiger partial charge is 0.350 e. The fourth-order valence-electron chi connectivity index (χ4n) is 11.8. The smallest absolute Gasteiger partial charge is 0.138 e. The van der Waals surface area contributed by atoms with E-state index in [1.165, 1.54) is 87.9 Å². The van der Waals surface area contributed by atoms with Gasteiger partial charge in [-0.2, -0.15) is 0 Å². The fraction of sp³-hybridized carbons (Fsp3) is 0.113. The summed E-state index contributed by atoms with van der Waals surface area (Å²) in [6, 6.07) is 60.5. The van der Waals surface area contributed by atoms with Crippen LogP contribution in [0.3, 0.4) is 0 Å². The number of rotatable bonds is 5. The van der Waals surface area contributed by atoms with Crippen LogP contribution in [-0.2, 0) is 12.1 Å². The van der Waals surface area contributed by atoms with Crippen LogP contribution >= 0.6 is 0 Å². The molecule has 0 radical (unpaired) electrons. The van der Waals surface area contributed by atoms with E-state index in [0.29, 0.717) is 5.92 Å². The number of hydrogen-bond donors (Lipinski definition) is 2. The third kappa shape index (κ3) is 5.94. The van der Waals surface area contributed by atoms with Crippen LogP contribution in [0.5, 0.6) is 0 Å². The first-order chi connectivity index (χ1) is 33.1. The highest BCUT2D eigenvalue weighted by molar-refractivity contribution is 6.14. The van der Waals surface area contributed by atoms with E-state index in [2.05, 4.69) is 239 Å². The first-order valence-electron chi connectivity index (χ1n) is 23.7. The Balaban J connectivity index is 0.923. The van der Waals surface area contributed by atoms with E-state index < -0.39 is 5.66 Å². The summed E-state index contributed by atoms with van der Waals surface area (Å²) in [5.74, 6) is 1.47. The molecule has 320 valence electrons. The van der Waals surface area contributed by atoms with Gasteiger partial charge >= 0.3 is 0 Å². The zero-order chi connectivity index (χ0) is 44.2. The molecule has 0 saturated carbocycles. The van der Waals surface area contributed by atoms with E-state index >= 15 is 0 Å². The van der Waals surface area contributed by atoms with Gasteiger partial charge in [-0.05, 0) is 119 Å². The van der Waals surface area contributed by atoms with Crippen LogP contribution in [-0.4, -0.2) is 15.0 Å². The Bertz CT molecular complexity index is 3850. The highest BCUT2D eigenvalue weighted by Crippen LogP contribution is 2.45. The number of amidine groups is 1. The molecule has 14 rings (SSSR count). The second kappa shape index (κ2) is 14.8. The highest BCUT2D eigenvalue weighted by atomic mass is 15.3. The minimum Gasteiger partial charge on any atom is -0.350 e. The summed E-state index contributed by atoms with van der Waals surface area (Å²) in [5.41, 5.74) is 14.0. The topological polar surface area (TPSA) is 46.3 Å². The highest BCUT2D eigenvalue weighted by Gasteiger charge is 2.37. The monoisotopic (exact) mass is 861 g/mol. The first-order valence-corrected chi connectivity index (χ1v) is 23.7. The predicted molar refractivity (Wildman–Crippen MR) is 279 cm³/mol. The van der Waals surface area contributed by atoms with E-state index in [1.807, 2.05) is 0 Å². The molecule has 4 unspecified atom stereocenters. The van der Waals surface area contributed by atoms with Crippen molar-refractivity contribution in [2.75, 3.05) is 0 Å². The van der Waals surface area contributed by atoms with Gasteiger partial charge in [-0.25, -0.2) is 4.99 Å². The lowest BCUT2D eigenvalue weighted by Gasteiger charge is -2.40. The van der Waals surface area contributed by atoms with E-state index in [9.17, 15) is 0 Å². The van der Waals surface area contributed by atoms with Crippen LogP contribution < -0.4 is 10.6 Å². The normalized spacial score (nSPS) is 20.6. The molecule has 67 heavy (non-hydrogen) atoms. The zero-order valence-electron chi connectivity index (χ0n) is 37.2. The number of nitrogens with zero attached hydrogens (tertiary/aromatic N) is 3. The molecule has 4 atom stereocenters. The van der Waals surface area contributed by atoms with Crippen molar-refractivity contribution in [3.63, 3.8) is 0 Å². The number of nitrogens with one attached hydrogen (secondary N) is 2. The molecule has 3 heterocycles.